The van der Waals surface area contributed by atoms with Crippen LogP contribution in [0.1, 0.15) is 75.8 Å². The molecular formula is C30H35F3O. The lowest BCUT2D eigenvalue weighted by Gasteiger charge is -2.31. The predicted molar refractivity (Wildman–Crippen MR) is 132 cm³/mol. The summed E-state index contributed by atoms with van der Waals surface area (Å²) >= 11 is 0. The lowest BCUT2D eigenvalue weighted by molar-refractivity contribution is 0.0727. The van der Waals surface area contributed by atoms with Gasteiger partial charge in [-0.3, -0.25) is 0 Å². The number of benzene rings is 1. The molecule has 0 spiro atoms. The second kappa shape index (κ2) is 11.5. The largest absolute Gasteiger partial charge is 0.371 e. The number of hydrogen-bond donors (Lipinski definition) is 0. The Hall–Kier alpha value is -2.25. The van der Waals surface area contributed by atoms with Gasteiger partial charge in [0.15, 0.2) is 11.6 Å². The Kier molecular flexibility index (Phi) is 8.37. The van der Waals surface area contributed by atoms with Gasteiger partial charge in [0.2, 0.25) is 0 Å². The van der Waals surface area contributed by atoms with Gasteiger partial charge in [0.1, 0.15) is 11.9 Å². The summed E-state index contributed by atoms with van der Waals surface area (Å²) in [6.45, 7) is 2.39. The summed E-state index contributed by atoms with van der Waals surface area (Å²) in [4.78, 5) is 0. The van der Waals surface area contributed by atoms with Crippen LogP contribution < -0.4 is 0 Å². The Bertz CT molecular complexity index is 1000. The first-order valence-corrected chi connectivity index (χ1v) is 12.8. The summed E-state index contributed by atoms with van der Waals surface area (Å²) in [6, 6.07) is 3.49. The average Bonchev–Trinajstić information content (AvgIpc) is 2.87. The van der Waals surface area contributed by atoms with Gasteiger partial charge in [-0.15, -0.1) is 12.3 Å². The van der Waals surface area contributed by atoms with Crippen molar-refractivity contribution in [3.63, 3.8) is 0 Å². The summed E-state index contributed by atoms with van der Waals surface area (Å²) in [5.41, 5.74) is 2.80. The second-order valence-electron chi connectivity index (χ2n) is 9.94. The number of ether oxygens (including phenoxy) is 1. The molecule has 0 aliphatic heterocycles. The third kappa shape index (κ3) is 5.69. The van der Waals surface area contributed by atoms with Crippen LogP contribution in [0.2, 0.25) is 0 Å². The number of rotatable bonds is 7. The molecule has 0 saturated heterocycles. The molecule has 0 bridgehead atoms. The molecule has 2 atom stereocenters. The minimum absolute atomic E-state index is 0.165. The van der Waals surface area contributed by atoms with Crippen molar-refractivity contribution >= 4 is 5.57 Å². The van der Waals surface area contributed by atoms with Gasteiger partial charge in [-0.2, -0.15) is 0 Å². The lowest BCUT2D eigenvalue weighted by atomic mass is 9.75. The van der Waals surface area contributed by atoms with Gasteiger partial charge in [-0.05, 0) is 106 Å². The van der Waals surface area contributed by atoms with Crippen molar-refractivity contribution in [3.8, 4) is 12.3 Å². The Morgan fingerprint density at radius 3 is 2.44 bits per heavy atom. The molecular weight excluding hydrogens is 433 g/mol. The Labute approximate surface area is 202 Å². The third-order valence-corrected chi connectivity index (χ3v) is 7.84. The zero-order chi connectivity index (χ0) is 24.1. The van der Waals surface area contributed by atoms with Gasteiger partial charge in [0, 0.05) is 18.1 Å². The van der Waals surface area contributed by atoms with Crippen molar-refractivity contribution in [1.29, 1.82) is 0 Å². The SMILES string of the molecule is C#CC1CC=C(c2ccc(CCC3CCC(C4=CCC(OCC)C(F)=C4)CC3)c(F)c2F)CC1. The van der Waals surface area contributed by atoms with Crippen LogP contribution in [0.25, 0.3) is 5.57 Å². The Morgan fingerprint density at radius 2 is 1.79 bits per heavy atom. The highest BCUT2D eigenvalue weighted by Crippen LogP contribution is 2.39. The molecule has 2 unspecified atom stereocenters. The lowest BCUT2D eigenvalue weighted by Crippen LogP contribution is -2.21. The maximum absolute atomic E-state index is 14.8. The summed E-state index contributed by atoms with van der Waals surface area (Å²) in [7, 11) is 0. The fourth-order valence-electron chi connectivity index (χ4n) is 5.70. The molecule has 1 aromatic rings. The molecule has 0 aromatic heterocycles. The van der Waals surface area contributed by atoms with Crippen LogP contribution in [0.3, 0.4) is 0 Å². The Balaban J connectivity index is 1.29. The first-order valence-electron chi connectivity index (χ1n) is 12.8. The average molecular weight is 469 g/mol. The minimum atomic E-state index is -0.727. The topological polar surface area (TPSA) is 9.23 Å². The molecule has 3 aliphatic carbocycles. The molecule has 182 valence electrons. The molecule has 0 radical (unpaired) electrons. The molecule has 1 saturated carbocycles. The van der Waals surface area contributed by atoms with Crippen molar-refractivity contribution in [1.82, 2.24) is 0 Å². The normalized spacial score (nSPS) is 27.4. The van der Waals surface area contributed by atoms with Gasteiger partial charge in [-0.1, -0.05) is 24.3 Å². The van der Waals surface area contributed by atoms with Crippen LogP contribution in [0.4, 0.5) is 13.2 Å². The highest BCUT2D eigenvalue weighted by molar-refractivity contribution is 5.67. The second-order valence-corrected chi connectivity index (χ2v) is 9.94. The van der Waals surface area contributed by atoms with E-state index in [9.17, 15) is 13.2 Å². The van der Waals surface area contributed by atoms with E-state index in [1.165, 1.54) is 0 Å². The minimum Gasteiger partial charge on any atom is -0.371 e. The number of allylic oxidation sites excluding steroid dienone is 4. The zero-order valence-electron chi connectivity index (χ0n) is 20.1. The van der Waals surface area contributed by atoms with Gasteiger partial charge >= 0.3 is 0 Å². The van der Waals surface area contributed by atoms with Gasteiger partial charge in [0.05, 0.1) is 0 Å². The van der Waals surface area contributed by atoms with E-state index < -0.39 is 17.7 Å². The zero-order valence-corrected chi connectivity index (χ0v) is 20.1. The highest BCUT2D eigenvalue weighted by Gasteiger charge is 2.27. The molecule has 0 N–H and O–H groups in total. The number of aryl methyl sites for hydroxylation is 1. The third-order valence-electron chi connectivity index (χ3n) is 7.84. The summed E-state index contributed by atoms with van der Waals surface area (Å²) in [6.07, 6.45) is 19.2. The van der Waals surface area contributed by atoms with Crippen molar-refractivity contribution in [2.45, 2.75) is 77.2 Å². The molecule has 0 heterocycles. The first-order chi connectivity index (χ1) is 16.5. The maximum atomic E-state index is 14.8. The van der Waals surface area contributed by atoms with Gasteiger partial charge < -0.3 is 4.74 Å². The van der Waals surface area contributed by atoms with E-state index in [1.54, 1.807) is 18.2 Å². The molecule has 1 aromatic carbocycles. The molecule has 34 heavy (non-hydrogen) atoms. The first kappa shape index (κ1) is 24.9. The van der Waals surface area contributed by atoms with Crippen LogP contribution >= 0.6 is 0 Å². The quantitative estimate of drug-likeness (QED) is 0.367. The summed E-state index contributed by atoms with van der Waals surface area (Å²) < 4.78 is 49.4. The Morgan fingerprint density at radius 1 is 1.00 bits per heavy atom. The van der Waals surface area contributed by atoms with E-state index in [0.717, 1.165) is 56.1 Å². The predicted octanol–water partition coefficient (Wildman–Crippen LogP) is 8.11. The number of terminal acetylenes is 1. The van der Waals surface area contributed by atoms with E-state index in [1.807, 2.05) is 13.0 Å². The molecule has 4 rings (SSSR count). The number of halogens is 3. The van der Waals surface area contributed by atoms with Gasteiger partial charge in [0.25, 0.3) is 0 Å². The van der Waals surface area contributed by atoms with Crippen LogP contribution in [0.15, 0.2) is 41.8 Å². The van der Waals surface area contributed by atoms with Crippen LogP contribution in [-0.4, -0.2) is 12.7 Å². The standard InChI is InChI=1S/C30H35F3O/c1-3-20-5-12-23(13-6-20)26-17-15-24(29(32)30(26)33)14-9-21-7-10-22(11-8-21)25-16-18-28(34-4-2)27(31)19-25/h1,12,15-17,19-22,28H,4-11,13-14,18H2,2H3. The van der Waals surface area contributed by atoms with Crippen LogP contribution in [-0.2, 0) is 11.2 Å². The summed E-state index contributed by atoms with van der Waals surface area (Å²) in [5, 5.41) is 0. The maximum Gasteiger partial charge on any atom is 0.166 e. The fraction of sp³-hybridized carbons (Fsp3) is 0.533. The van der Waals surface area contributed by atoms with E-state index in [-0.39, 0.29) is 11.7 Å². The van der Waals surface area contributed by atoms with Crippen molar-refractivity contribution in [3.05, 3.63) is 64.5 Å². The van der Waals surface area contributed by atoms with E-state index >= 15 is 0 Å². The summed E-state index contributed by atoms with van der Waals surface area (Å²) in [5.74, 6) is 2.23. The van der Waals surface area contributed by atoms with Crippen molar-refractivity contribution in [2.75, 3.05) is 6.61 Å². The molecule has 4 heteroatoms. The van der Waals surface area contributed by atoms with Crippen molar-refractivity contribution < 1.29 is 17.9 Å². The van der Waals surface area contributed by atoms with Crippen LogP contribution in [0, 0.1) is 41.7 Å². The van der Waals surface area contributed by atoms with E-state index in [4.69, 9.17) is 11.2 Å². The van der Waals surface area contributed by atoms with Gasteiger partial charge in [-0.25, -0.2) is 13.2 Å². The number of hydrogen-bond acceptors (Lipinski definition) is 1. The molecule has 1 nitrogen and oxygen atoms in total. The molecule has 0 amide bonds. The molecule has 3 aliphatic rings. The van der Waals surface area contributed by atoms with Crippen molar-refractivity contribution in [2.24, 2.45) is 17.8 Å². The smallest absolute Gasteiger partial charge is 0.166 e. The van der Waals surface area contributed by atoms with Crippen LogP contribution in [0.5, 0.6) is 0 Å². The van der Waals surface area contributed by atoms with E-state index in [2.05, 4.69) is 12.0 Å². The molecule has 1 fully saturated rings. The fourth-order valence-corrected chi connectivity index (χ4v) is 5.70. The highest BCUT2D eigenvalue weighted by atomic mass is 19.2. The monoisotopic (exact) mass is 468 g/mol. The van der Waals surface area contributed by atoms with E-state index in [0.29, 0.717) is 48.8 Å².